The quantitative estimate of drug-likeness (QED) is 0.882. The Kier molecular flexibility index (Phi) is 4.81. The van der Waals surface area contributed by atoms with Gasteiger partial charge in [-0.05, 0) is 12.5 Å². The van der Waals surface area contributed by atoms with Gasteiger partial charge in [-0.15, -0.1) is 0 Å². The average molecular weight is 279 g/mol. The number of nitrogens with one attached hydrogen (secondary N) is 1. The lowest BCUT2D eigenvalue weighted by atomic mass is 10.2. The van der Waals surface area contributed by atoms with Crippen LogP contribution in [0.25, 0.3) is 0 Å². The lowest BCUT2D eigenvalue weighted by Gasteiger charge is -2.09. The number of hydrogen-bond acceptors (Lipinski definition) is 4. The van der Waals surface area contributed by atoms with E-state index in [-0.39, 0.29) is 18.4 Å². The summed E-state index contributed by atoms with van der Waals surface area (Å²) < 4.78 is 32.2. The number of anilines is 1. The standard InChI is InChI=1S/C14H15F2N3O/c1-2-7-17-14-18-8-12(16)13(19-14)20-9-10-5-3-4-6-11(10)15/h3-6,8H,2,7,9H2,1H3,(H,17,18,19). The van der Waals surface area contributed by atoms with Crippen LogP contribution in [0.1, 0.15) is 18.9 Å². The Labute approximate surface area is 115 Å². The second kappa shape index (κ2) is 6.79. The summed E-state index contributed by atoms with van der Waals surface area (Å²) in [5, 5.41) is 2.93. The average Bonchev–Trinajstić information content (AvgIpc) is 2.46. The fourth-order valence-corrected chi connectivity index (χ4v) is 1.54. The van der Waals surface area contributed by atoms with Crippen molar-refractivity contribution in [2.24, 2.45) is 0 Å². The van der Waals surface area contributed by atoms with Gasteiger partial charge >= 0.3 is 0 Å². The molecule has 4 nitrogen and oxygen atoms in total. The van der Waals surface area contributed by atoms with Crippen molar-refractivity contribution in [3.8, 4) is 5.88 Å². The maximum Gasteiger partial charge on any atom is 0.255 e. The van der Waals surface area contributed by atoms with Gasteiger partial charge in [0.2, 0.25) is 11.8 Å². The number of hydrogen-bond donors (Lipinski definition) is 1. The first-order chi connectivity index (χ1) is 9.70. The molecule has 20 heavy (non-hydrogen) atoms. The third-order valence-corrected chi connectivity index (χ3v) is 2.57. The highest BCUT2D eigenvalue weighted by Crippen LogP contribution is 2.17. The van der Waals surface area contributed by atoms with Gasteiger partial charge < -0.3 is 10.1 Å². The van der Waals surface area contributed by atoms with Crippen LogP contribution in [0.4, 0.5) is 14.7 Å². The van der Waals surface area contributed by atoms with E-state index >= 15 is 0 Å². The lowest BCUT2D eigenvalue weighted by Crippen LogP contribution is -2.07. The number of rotatable bonds is 6. The van der Waals surface area contributed by atoms with Crippen LogP contribution >= 0.6 is 0 Å². The van der Waals surface area contributed by atoms with Gasteiger partial charge in [0.25, 0.3) is 5.88 Å². The summed E-state index contributed by atoms with van der Waals surface area (Å²) in [5.41, 5.74) is 0.341. The van der Waals surface area contributed by atoms with Gasteiger partial charge in [0.15, 0.2) is 0 Å². The van der Waals surface area contributed by atoms with Crippen molar-refractivity contribution < 1.29 is 13.5 Å². The zero-order valence-corrected chi connectivity index (χ0v) is 11.1. The van der Waals surface area contributed by atoms with Crippen LogP contribution in [0.5, 0.6) is 5.88 Å². The summed E-state index contributed by atoms with van der Waals surface area (Å²) in [6, 6.07) is 6.16. The normalized spacial score (nSPS) is 10.3. The molecule has 6 heteroatoms. The molecule has 0 unspecified atom stereocenters. The SMILES string of the molecule is CCCNc1ncc(F)c(OCc2ccccc2F)n1. The van der Waals surface area contributed by atoms with Gasteiger partial charge in [-0.1, -0.05) is 25.1 Å². The summed E-state index contributed by atoms with van der Waals surface area (Å²) >= 11 is 0. The Bertz CT molecular complexity index is 578. The molecular weight excluding hydrogens is 264 g/mol. The highest BCUT2D eigenvalue weighted by atomic mass is 19.1. The maximum atomic E-state index is 13.5. The zero-order valence-electron chi connectivity index (χ0n) is 11.1. The van der Waals surface area contributed by atoms with E-state index in [1.54, 1.807) is 18.2 Å². The summed E-state index contributed by atoms with van der Waals surface area (Å²) in [7, 11) is 0. The highest BCUT2D eigenvalue weighted by Gasteiger charge is 2.09. The number of nitrogens with zero attached hydrogens (tertiary/aromatic N) is 2. The van der Waals surface area contributed by atoms with Gasteiger partial charge in [-0.3, -0.25) is 0 Å². The number of ether oxygens (including phenoxy) is 1. The molecule has 0 saturated carbocycles. The van der Waals surface area contributed by atoms with Crippen molar-refractivity contribution in [3.05, 3.63) is 47.7 Å². The molecule has 1 heterocycles. The monoisotopic (exact) mass is 279 g/mol. The predicted molar refractivity (Wildman–Crippen MR) is 71.5 cm³/mol. The minimum atomic E-state index is -0.677. The summed E-state index contributed by atoms with van der Waals surface area (Å²) in [5.74, 6) is -0.978. The van der Waals surface area contributed by atoms with E-state index in [0.717, 1.165) is 12.6 Å². The molecule has 0 spiro atoms. The molecule has 0 aliphatic rings. The van der Waals surface area contributed by atoms with Crippen LogP contribution in [0.15, 0.2) is 30.5 Å². The molecule has 2 rings (SSSR count). The Morgan fingerprint density at radius 2 is 2.00 bits per heavy atom. The third kappa shape index (κ3) is 3.63. The largest absolute Gasteiger partial charge is 0.470 e. The fourth-order valence-electron chi connectivity index (χ4n) is 1.54. The molecule has 0 atom stereocenters. The van der Waals surface area contributed by atoms with Crippen LogP contribution in [-0.4, -0.2) is 16.5 Å². The minimum absolute atomic E-state index is 0.0895. The fraction of sp³-hybridized carbons (Fsp3) is 0.286. The Morgan fingerprint density at radius 3 is 2.75 bits per heavy atom. The van der Waals surface area contributed by atoms with E-state index in [1.807, 2.05) is 6.92 Å². The van der Waals surface area contributed by atoms with Crippen LogP contribution in [-0.2, 0) is 6.61 Å². The second-order valence-corrected chi connectivity index (χ2v) is 4.15. The van der Waals surface area contributed by atoms with Crippen molar-refractivity contribution in [1.29, 1.82) is 0 Å². The van der Waals surface area contributed by atoms with Crippen LogP contribution in [0, 0.1) is 11.6 Å². The molecule has 0 bridgehead atoms. The summed E-state index contributed by atoms with van der Waals surface area (Å²) in [6.45, 7) is 2.58. The molecule has 106 valence electrons. The summed E-state index contributed by atoms with van der Waals surface area (Å²) in [4.78, 5) is 7.71. The number of halogens is 2. The predicted octanol–water partition coefficient (Wildman–Crippen LogP) is 3.16. The molecule has 2 aromatic rings. The van der Waals surface area contributed by atoms with Gasteiger partial charge in [0.05, 0.1) is 6.20 Å². The maximum absolute atomic E-state index is 13.5. The molecule has 0 aliphatic carbocycles. The minimum Gasteiger partial charge on any atom is -0.470 e. The van der Waals surface area contributed by atoms with Crippen molar-refractivity contribution >= 4 is 5.95 Å². The zero-order chi connectivity index (χ0) is 14.4. The molecule has 0 saturated heterocycles. The molecule has 1 N–H and O–H groups in total. The first kappa shape index (κ1) is 14.2. The van der Waals surface area contributed by atoms with Crippen molar-refractivity contribution in [2.45, 2.75) is 20.0 Å². The van der Waals surface area contributed by atoms with Crippen LogP contribution in [0.3, 0.4) is 0 Å². The van der Waals surface area contributed by atoms with Crippen molar-refractivity contribution in [1.82, 2.24) is 9.97 Å². The Balaban J connectivity index is 2.07. The van der Waals surface area contributed by atoms with Gasteiger partial charge in [-0.25, -0.2) is 9.37 Å². The number of aromatic nitrogens is 2. The number of benzene rings is 1. The molecule has 0 fully saturated rings. The molecule has 1 aromatic carbocycles. The smallest absolute Gasteiger partial charge is 0.255 e. The van der Waals surface area contributed by atoms with E-state index in [4.69, 9.17) is 4.74 Å². The molecule has 0 aliphatic heterocycles. The molecular formula is C14H15F2N3O. The van der Waals surface area contributed by atoms with E-state index in [9.17, 15) is 8.78 Å². The summed E-state index contributed by atoms with van der Waals surface area (Å²) in [6.07, 6.45) is 1.92. The molecule has 0 amide bonds. The highest BCUT2D eigenvalue weighted by molar-refractivity contribution is 5.28. The second-order valence-electron chi connectivity index (χ2n) is 4.15. The molecule has 1 aromatic heterocycles. The lowest BCUT2D eigenvalue weighted by molar-refractivity contribution is 0.271. The van der Waals surface area contributed by atoms with E-state index < -0.39 is 11.6 Å². The Morgan fingerprint density at radius 1 is 1.20 bits per heavy atom. The van der Waals surface area contributed by atoms with Gasteiger partial charge in [0, 0.05) is 12.1 Å². The van der Waals surface area contributed by atoms with Crippen molar-refractivity contribution in [3.63, 3.8) is 0 Å². The molecule has 0 radical (unpaired) electrons. The first-order valence-corrected chi connectivity index (χ1v) is 6.33. The topological polar surface area (TPSA) is 47.0 Å². The Hall–Kier alpha value is -2.24. The van der Waals surface area contributed by atoms with E-state index in [1.165, 1.54) is 6.07 Å². The van der Waals surface area contributed by atoms with Gasteiger partial charge in [0.1, 0.15) is 12.4 Å². The van der Waals surface area contributed by atoms with E-state index in [0.29, 0.717) is 12.1 Å². The first-order valence-electron chi connectivity index (χ1n) is 6.33. The van der Waals surface area contributed by atoms with Crippen LogP contribution < -0.4 is 10.1 Å². The van der Waals surface area contributed by atoms with Gasteiger partial charge in [-0.2, -0.15) is 9.37 Å². The van der Waals surface area contributed by atoms with E-state index in [2.05, 4.69) is 15.3 Å². The van der Waals surface area contributed by atoms with Crippen LogP contribution in [0.2, 0.25) is 0 Å². The van der Waals surface area contributed by atoms with Crippen molar-refractivity contribution in [2.75, 3.05) is 11.9 Å². The third-order valence-electron chi connectivity index (χ3n) is 2.57.